The fourth-order valence-electron chi connectivity index (χ4n) is 2.44. The highest BCUT2D eigenvalue weighted by Crippen LogP contribution is 2.33. The van der Waals surface area contributed by atoms with E-state index in [9.17, 15) is 8.78 Å². The summed E-state index contributed by atoms with van der Waals surface area (Å²) in [6.07, 6.45) is 4.03. The Balaban J connectivity index is 2.37. The summed E-state index contributed by atoms with van der Waals surface area (Å²) in [6.45, 7) is 6.77. The molecule has 2 rings (SSSR count). The predicted molar refractivity (Wildman–Crippen MR) is 92.7 cm³/mol. The Morgan fingerprint density at radius 2 is 1.78 bits per heavy atom. The van der Waals surface area contributed by atoms with Crippen LogP contribution in [0.1, 0.15) is 36.2 Å². The topological polar surface area (TPSA) is 24.9 Å². The van der Waals surface area contributed by atoms with Gasteiger partial charge in [-0.2, -0.15) is 8.78 Å². The second-order valence-electron chi connectivity index (χ2n) is 5.56. The predicted octanol–water partition coefficient (Wildman–Crippen LogP) is 6.24. The van der Waals surface area contributed by atoms with Crippen LogP contribution in [0, 0.1) is 13.8 Å². The largest absolute Gasteiger partial charge is 0.340 e. The quantitative estimate of drug-likeness (QED) is 0.714. The Labute approximate surface area is 140 Å². The van der Waals surface area contributed by atoms with E-state index in [0.717, 1.165) is 29.3 Å². The van der Waals surface area contributed by atoms with Crippen LogP contribution < -0.4 is 5.32 Å². The number of benzene rings is 1. The highest BCUT2D eigenvalue weighted by atomic mass is 35.5. The van der Waals surface area contributed by atoms with Crippen LogP contribution in [0.5, 0.6) is 0 Å². The minimum atomic E-state index is -3.09. The van der Waals surface area contributed by atoms with E-state index in [1.54, 1.807) is 6.07 Å². The fraction of sp³-hybridized carbons (Fsp3) is 0.278. The fourth-order valence-corrected chi connectivity index (χ4v) is 2.72. The summed E-state index contributed by atoms with van der Waals surface area (Å²) in [5.41, 5.74) is 3.72. The lowest BCUT2D eigenvalue weighted by atomic mass is 10.0. The molecule has 122 valence electrons. The average Bonchev–Trinajstić information content (AvgIpc) is 2.44. The molecule has 0 saturated heterocycles. The van der Waals surface area contributed by atoms with Crippen molar-refractivity contribution in [3.05, 3.63) is 57.7 Å². The number of alkyl halides is 2. The molecule has 0 bridgehead atoms. The molecule has 0 radical (unpaired) electrons. The van der Waals surface area contributed by atoms with Crippen molar-refractivity contribution in [3.8, 4) is 0 Å². The normalized spacial score (nSPS) is 12.0. The van der Waals surface area contributed by atoms with Crippen molar-refractivity contribution in [3.63, 3.8) is 0 Å². The molecule has 2 aromatic rings. The molecule has 1 heterocycles. The molecule has 0 unspecified atom stereocenters. The average molecular weight is 337 g/mol. The summed E-state index contributed by atoms with van der Waals surface area (Å²) in [5.74, 6) is -2.75. The molecule has 5 heteroatoms. The Kier molecular flexibility index (Phi) is 5.05. The zero-order valence-electron chi connectivity index (χ0n) is 13.5. The molecule has 0 aliphatic heterocycles. The molecule has 0 atom stereocenters. The first-order valence-electron chi connectivity index (χ1n) is 7.28. The van der Waals surface area contributed by atoms with E-state index >= 15 is 0 Å². The molecule has 0 amide bonds. The van der Waals surface area contributed by atoms with Gasteiger partial charge in [-0.15, -0.1) is 0 Å². The van der Waals surface area contributed by atoms with Crippen LogP contribution >= 0.6 is 11.6 Å². The van der Waals surface area contributed by atoms with Gasteiger partial charge in [-0.25, -0.2) is 4.98 Å². The number of allylic oxidation sites excluding steroid dienone is 1. The van der Waals surface area contributed by atoms with Crippen molar-refractivity contribution in [2.75, 3.05) is 5.32 Å². The molecule has 2 nitrogen and oxygen atoms in total. The zero-order valence-corrected chi connectivity index (χ0v) is 14.3. The summed E-state index contributed by atoms with van der Waals surface area (Å²) < 4.78 is 27.0. The number of aryl methyl sites for hydroxylation is 2. The van der Waals surface area contributed by atoms with Crippen molar-refractivity contribution in [1.82, 2.24) is 4.98 Å². The second-order valence-corrected chi connectivity index (χ2v) is 5.97. The van der Waals surface area contributed by atoms with Crippen LogP contribution in [0.3, 0.4) is 0 Å². The summed E-state index contributed by atoms with van der Waals surface area (Å²) in [5, 5.41) is 3.02. The molecule has 1 N–H and O–H groups in total. The van der Waals surface area contributed by atoms with E-state index in [4.69, 9.17) is 11.6 Å². The maximum atomic E-state index is 13.5. The molecule has 0 aliphatic rings. The zero-order chi connectivity index (χ0) is 17.2. The number of nitrogens with zero attached hydrogens (tertiary/aromatic N) is 1. The van der Waals surface area contributed by atoms with Gasteiger partial charge in [0.05, 0.1) is 5.02 Å². The molecular weight excluding hydrogens is 318 g/mol. The third kappa shape index (κ3) is 4.08. The van der Waals surface area contributed by atoms with Crippen LogP contribution in [-0.2, 0) is 5.92 Å². The molecule has 1 aromatic carbocycles. The van der Waals surface area contributed by atoms with Crippen molar-refractivity contribution in [2.45, 2.75) is 33.6 Å². The lowest BCUT2D eigenvalue weighted by Gasteiger charge is -2.15. The summed E-state index contributed by atoms with van der Waals surface area (Å²) in [7, 11) is 0. The maximum absolute atomic E-state index is 13.5. The molecule has 0 fully saturated rings. The number of anilines is 2. The van der Waals surface area contributed by atoms with Crippen LogP contribution in [0.2, 0.25) is 5.02 Å². The first-order chi connectivity index (χ1) is 10.7. The third-order valence-electron chi connectivity index (χ3n) is 3.46. The van der Waals surface area contributed by atoms with E-state index < -0.39 is 11.6 Å². The van der Waals surface area contributed by atoms with Crippen LogP contribution in [0.4, 0.5) is 20.3 Å². The Morgan fingerprint density at radius 1 is 1.17 bits per heavy atom. The number of pyridine rings is 1. The molecule has 0 aliphatic carbocycles. The van der Waals surface area contributed by atoms with E-state index in [-0.39, 0.29) is 5.02 Å². The highest BCUT2D eigenvalue weighted by molar-refractivity contribution is 6.31. The van der Waals surface area contributed by atoms with Crippen molar-refractivity contribution < 1.29 is 8.78 Å². The first-order valence-corrected chi connectivity index (χ1v) is 7.66. The van der Waals surface area contributed by atoms with Crippen molar-refractivity contribution in [1.29, 1.82) is 0 Å². The monoisotopic (exact) mass is 336 g/mol. The number of aromatic nitrogens is 1. The molecule has 23 heavy (non-hydrogen) atoms. The van der Waals surface area contributed by atoms with Gasteiger partial charge >= 0.3 is 0 Å². The standard InChI is InChI=1S/C18H19ClF2N2/c1-5-6-14-11(2)9-13(10-12(14)3)22-16-8-7-15(19)17(23-16)18(4,20)21/h5-10H,1-4H3,(H,22,23)/b6-5-. The molecule has 0 saturated carbocycles. The number of hydrogen-bond acceptors (Lipinski definition) is 2. The van der Waals surface area contributed by atoms with Gasteiger partial charge in [0.25, 0.3) is 5.92 Å². The van der Waals surface area contributed by atoms with E-state index in [1.165, 1.54) is 6.07 Å². The van der Waals surface area contributed by atoms with Gasteiger partial charge in [0.15, 0.2) is 0 Å². The minimum Gasteiger partial charge on any atom is -0.340 e. The van der Waals surface area contributed by atoms with Gasteiger partial charge in [0.1, 0.15) is 11.5 Å². The maximum Gasteiger partial charge on any atom is 0.288 e. The lowest BCUT2D eigenvalue weighted by molar-refractivity contribution is 0.0130. The molecule has 1 aromatic heterocycles. The summed E-state index contributed by atoms with van der Waals surface area (Å²) in [6, 6.07) is 6.93. The first kappa shape index (κ1) is 17.4. The SMILES string of the molecule is C/C=C\c1c(C)cc(Nc2ccc(Cl)c(C(C)(F)F)n2)cc1C. The van der Waals surface area contributed by atoms with Gasteiger partial charge in [-0.05, 0) is 61.7 Å². The third-order valence-corrected chi connectivity index (χ3v) is 3.77. The number of rotatable bonds is 4. The highest BCUT2D eigenvalue weighted by Gasteiger charge is 2.29. The van der Waals surface area contributed by atoms with Crippen molar-refractivity contribution >= 4 is 29.2 Å². The summed E-state index contributed by atoms with van der Waals surface area (Å²) in [4.78, 5) is 3.95. The van der Waals surface area contributed by atoms with Gasteiger partial charge in [-0.1, -0.05) is 23.8 Å². The molecular formula is C18H19ClF2N2. The van der Waals surface area contributed by atoms with Crippen LogP contribution in [0.25, 0.3) is 6.08 Å². The molecule has 0 spiro atoms. The Bertz CT molecular complexity index is 726. The van der Waals surface area contributed by atoms with Crippen LogP contribution in [-0.4, -0.2) is 4.98 Å². The minimum absolute atomic E-state index is 0.0427. The van der Waals surface area contributed by atoms with Crippen molar-refractivity contribution in [2.24, 2.45) is 0 Å². The van der Waals surface area contributed by atoms with Gasteiger partial charge in [-0.3, -0.25) is 0 Å². The van der Waals surface area contributed by atoms with Gasteiger partial charge in [0, 0.05) is 12.6 Å². The van der Waals surface area contributed by atoms with E-state index in [1.807, 2.05) is 45.1 Å². The summed E-state index contributed by atoms with van der Waals surface area (Å²) >= 11 is 5.81. The number of nitrogens with one attached hydrogen (secondary N) is 1. The number of hydrogen-bond donors (Lipinski definition) is 1. The Morgan fingerprint density at radius 3 is 2.30 bits per heavy atom. The smallest absolute Gasteiger partial charge is 0.288 e. The van der Waals surface area contributed by atoms with E-state index in [2.05, 4.69) is 10.3 Å². The van der Waals surface area contributed by atoms with E-state index in [0.29, 0.717) is 5.82 Å². The van der Waals surface area contributed by atoms with Crippen LogP contribution in [0.15, 0.2) is 30.3 Å². The van der Waals surface area contributed by atoms with Gasteiger partial charge < -0.3 is 5.32 Å². The second kappa shape index (κ2) is 6.67. The number of halogens is 3. The van der Waals surface area contributed by atoms with Gasteiger partial charge in [0.2, 0.25) is 0 Å². The lowest BCUT2D eigenvalue weighted by Crippen LogP contribution is -2.11. The Hall–Kier alpha value is -1.94.